The monoisotopic (exact) mass is 208 g/mol. The second-order valence-electron chi connectivity index (χ2n) is 3.04. The summed E-state index contributed by atoms with van der Waals surface area (Å²) in [6, 6.07) is 5.98. The van der Waals surface area contributed by atoms with Crippen molar-refractivity contribution in [3.63, 3.8) is 0 Å². The van der Waals surface area contributed by atoms with Crippen molar-refractivity contribution in [1.82, 2.24) is 0 Å². The Kier molecular flexibility index (Phi) is 4.56. The lowest BCUT2D eigenvalue weighted by molar-refractivity contribution is 1.25. The van der Waals surface area contributed by atoms with Crippen molar-refractivity contribution in [2.24, 2.45) is 5.73 Å². The van der Waals surface area contributed by atoms with Gasteiger partial charge in [-0.1, -0.05) is 18.2 Å². The Bertz CT molecular complexity index is 321. The normalized spacial score (nSPS) is 11.0. The summed E-state index contributed by atoms with van der Waals surface area (Å²) in [5.41, 5.74) is 13.1. The zero-order chi connectivity index (χ0) is 10.4. The van der Waals surface area contributed by atoms with Gasteiger partial charge in [-0.05, 0) is 24.6 Å². The molecule has 0 saturated heterocycles. The predicted octanol–water partition coefficient (Wildman–Crippen LogP) is 2.18. The number of nitrogens with two attached hydrogens (primary N) is 2. The van der Waals surface area contributed by atoms with E-state index in [1.807, 2.05) is 24.3 Å². The number of rotatable bonds is 4. The van der Waals surface area contributed by atoms with E-state index in [-0.39, 0.29) is 0 Å². The van der Waals surface area contributed by atoms with Gasteiger partial charge in [0.1, 0.15) is 0 Å². The number of thioether (sulfide) groups is 1. The summed E-state index contributed by atoms with van der Waals surface area (Å²) < 4.78 is 0. The minimum Gasteiger partial charge on any atom is -0.399 e. The molecule has 0 amide bonds. The molecular formula is C11H16N2S. The third kappa shape index (κ3) is 3.44. The van der Waals surface area contributed by atoms with Crippen LogP contribution in [0.4, 0.5) is 5.69 Å². The summed E-state index contributed by atoms with van der Waals surface area (Å²) in [5.74, 6) is 0.946. The van der Waals surface area contributed by atoms with Gasteiger partial charge in [0.05, 0.1) is 0 Å². The Labute approximate surface area is 89.4 Å². The summed E-state index contributed by atoms with van der Waals surface area (Å²) in [6.45, 7) is 2.70. The summed E-state index contributed by atoms with van der Waals surface area (Å²) in [4.78, 5) is 1.24. The molecule has 0 unspecified atom stereocenters. The van der Waals surface area contributed by atoms with Crippen LogP contribution in [-0.2, 0) is 0 Å². The largest absolute Gasteiger partial charge is 0.399 e. The maximum Gasteiger partial charge on any atom is 0.0325 e. The van der Waals surface area contributed by atoms with Crippen LogP contribution < -0.4 is 11.5 Å². The molecule has 0 saturated carbocycles. The number of benzene rings is 1. The zero-order valence-corrected chi connectivity index (χ0v) is 9.18. The number of hydrogen-bond donors (Lipinski definition) is 2. The van der Waals surface area contributed by atoms with E-state index in [0.29, 0.717) is 6.54 Å². The molecule has 76 valence electrons. The van der Waals surface area contributed by atoms with Gasteiger partial charge in [-0.3, -0.25) is 0 Å². The highest BCUT2D eigenvalue weighted by molar-refractivity contribution is 7.99. The van der Waals surface area contributed by atoms with E-state index in [2.05, 4.69) is 13.0 Å². The van der Waals surface area contributed by atoms with E-state index in [1.165, 1.54) is 10.5 Å². The first-order valence-electron chi connectivity index (χ1n) is 4.58. The number of nitrogen functional groups attached to an aromatic ring is 1. The first-order chi connectivity index (χ1) is 6.74. The molecule has 14 heavy (non-hydrogen) atoms. The summed E-state index contributed by atoms with van der Waals surface area (Å²) in [7, 11) is 0. The van der Waals surface area contributed by atoms with Gasteiger partial charge in [0.2, 0.25) is 0 Å². The van der Waals surface area contributed by atoms with Gasteiger partial charge >= 0.3 is 0 Å². The fourth-order valence-corrected chi connectivity index (χ4v) is 2.00. The smallest absolute Gasteiger partial charge is 0.0325 e. The van der Waals surface area contributed by atoms with Gasteiger partial charge in [0.25, 0.3) is 0 Å². The molecule has 3 heteroatoms. The molecule has 0 fully saturated rings. The molecule has 0 aliphatic rings. The Morgan fingerprint density at radius 1 is 1.36 bits per heavy atom. The lowest BCUT2D eigenvalue weighted by Gasteiger charge is -2.04. The van der Waals surface area contributed by atoms with E-state index in [9.17, 15) is 0 Å². The fraction of sp³-hybridized carbons (Fsp3) is 0.273. The summed E-state index contributed by atoms with van der Waals surface area (Å²) in [5, 5.41) is 0. The summed E-state index contributed by atoms with van der Waals surface area (Å²) >= 11 is 1.78. The van der Waals surface area contributed by atoms with Gasteiger partial charge in [0, 0.05) is 22.9 Å². The number of hydrogen-bond acceptors (Lipinski definition) is 3. The van der Waals surface area contributed by atoms with Crippen molar-refractivity contribution >= 4 is 17.4 Å². The lowest BCUT2D eigenvalue weighted by Crippen LogP contribution is -1.92. The number of aryl methyl sites for hydroxylation is 1. The van der Waals surface area contributed by atoms with Gasteiger partial charge in [0.15, 0.2) is 0 Å². The Morgan fingerprint density at radius 3 is 2.86 bits per heavy atom. The molecular weight excluding hydrogens is 192 g/mol. The first kappa shape index (κ1) is 11.1. The quantitative estimate of drug-likeness (QED) is 0.453. The molecule has 1 aromatic rings. The van der Waals surface area contributed by atoms with Gasteiger partial charge < -0.3 is 11.5 Å². The molecule has 0 aliphatic heterocycles. The van der Waals surface area contributed by atoms with Crippen LogP contribution in [0.2, 0.25) is 0 Å². The molecule has 0 radical (unpaired) electrons. The van der Waals surface area contributed by atoms with E-state index in [1.54, 1.807) is 11.8 Å². The molecule has 0 bridgehead atoms. The third-order valence-corrected chi connectivity index (χ3v) is 2.96. The molecule has 2 nitrogen and oxygen atoms in total. The van der Waals surface area contributed by atoms with Crippen LogP contribution in [0.1, 0.15) is 5.56 Å². The van der Waals surface area contributed by atoms with Crippen LogP contribution in [0.15, 0.2) is 35.2 Å². The third-order valence-electron chi connectivity index (χ3n) is 1.85. The van der Waals surface area contributed by atoms with Crippen LogP contribution >= 0.6 is 11.8 Å². The van der Waals surface area contributed by atoms with Crippen molar-refractivity contribution < 1.29 is 0 Å². The van der Waals surface area contributed by atoms with Crippen LogP contribution in [-0.4, -0.2) is 12.3 Å². The molecule has 1 rings (SSSR count). The van der Waals surface area contributed by atoms with E-state index in [4.69, 9.17) is 11.5 Å². The minimum absolute atomic E-state index is 0.608. The van der Waals surface area contributed by atoms with Gasteiger partial charge in [-0.25, -0.2) is 0 Å². The number of anilines is 1. The zero-order valence-electron chi connectivity index (χ0n) is 8.36. The Hall–Kier alpha value is -0.930. The molecule has 0 aromatic heterocycles. The molecule has 0 aliphatic carbocycles. The van der Waals surface area contributed by atoms with Gasteiger partial charge in [-0.15, -0.1) is 11.8 Å². The first-order valence-corrected chi connectivity index (χ1v) is 5.56. The summed E-state index contributed by atoms with van der Waals surface area (Å²) in [6.07, 6.45) is 4.04. The molecule has 0 spiro atoms. The maximum absolute atomic E-state index is 5.71. The topological polar surface area (TPSA) is 52.0 Å². The second kappa shape index (κ2) is 5.73. The molecule has 0 atom stereocenters. The highest BCUT2D eigenvalue weighted by Gasteiger charge is 1.97. The van der Waals surface area contributed by atoms with Crippen LogP contribution in [0.3, 0.4) is 0 Å². The van der Waals surface area contributed by atoms with Crippen LogP contribution in [0.25, 0.3) is 0 Å². The molecule has 0 heterocycles. The highest BCUT2D eigenvalue weighted by atomic mass is 32.2. The minimum atomic E-state index is 0.608. The second-order valence-corrected chi connectivity index (χ2v) is 4.10. The van der Waals surface area contributed by atoms with Gasteiger partial charge in [-0.2, -0.15) is 0 Å². The van der Waals surface area contributed by atoms with E-state index in [0.717, 1.165) is 11.4 Å². The Morgan fingerprint density at radius 2 is 2.14 bits per heavy atom. The average Bonchev–Trinajstić information content (AvgIpc) is 2.18. The lowest BCUT2D eigenvalue weighted by atomic mass is 10.2. The van der Waals surface area contributed by atoms with Crippen molar-refractivity contribution in [2.45, 2.75) is 11.8 Å². The van der Waals surface area contributed by atoms with Crippen molar-refractivity contribution in [3.05, 3.63) is 35.9 Å². The van der Waals surface area contributed by atoms with E-state index < -0.39 is 0 Å². The SMILES string of the molecule is Cc1ccc(N)cc1SCC=CCN. The molecule has 1 aromatic carbocycles. The Balaban J connectivity index is 2.57. The average molecular weight is 208 g/mol. The van der Waals surface area contributed by atoms with Crippen LogP contribution in [0.5, 0.6) is 0 Å². The molecule has 4 N–H and O–H groups in total. The maximum atomic E-state index is 5.71. The fourth-order valence-electron chi connectivity index (χ4n) is 1.07. The van der Waals surface area contributed by atoms with E-state index >= 15 is 0 Å². The van der Waals surface area contributed by atoms with Crippen molar-refractivity contribution in [3.8, 4) is 0 Å². The van der Waals surface area contributed by atoms with Crippen molar-refractivity contribution in [1.29, 1.82) is 0 Å². The standard InChI is InChI=1S/C11H16N2S/c1-9-4-5-10(13)8-11(9)14-7-3-2-6-12/h2-5,8H,6-7,12-13H2,1H3. The van der Waals surface area contributed by atoms with Crippen LogP contribution in [0, 0.1) is 6.92 Å². The van der Waals surface area contributed by atoms with Crippen molar-refractivity contribution in [2.75, 3.05) is 18.0 Å². The predicted molar refractivity (Wildman–Crippen MR) is 64.5 cm³/mol. The highest BCUT2D eigenvalue weighted by Crippen LogP contribution is 2.24.